The third-order valence-corrected chi connectivity index (χ3v) is 5.79. The largest absolute Gasteiger partial charge is 0.425 e. The van der Waals surface area contributed by atoms with Crippen LogP contribution in [0.25, 0.3) is 11.2 Å². The Hall–Kier alpha value is -3.03. The standard InChI is InChI=1S/C22H20Cl2N4O3/c1-12-5-6-13(2)17(9-12)31-21-25-19-18(20(29)27(4)22(30)26(19)3)28(21)11-14-7-8-15(23)10-16(14)24/h5-10H,11H2,1-4H3. The number of benzene rings is 2. The van der Waals surface area contributed by atoms with E-state index in [1.807, 2.05) is 32.0 Å². The van der Waals surface area contributed by atoms with Crippen LogP contribution in [-0.2, 0) is 20.6 Å². The molecule has 4 aromatic rings. The molecule has 0 saturated carbocycles. The quantitative estimate of drug-likeness (QED) is 0.459. The molecule has 0 aliphatic carbocycles. The summed E-state index contributed by atoms with van der Waals surface area (Å²) in [4.78, 5) is 30.0. The van der Waals surface area contributed by atoms with E-state index in [9.17, 15) is 9.59 Å². The van der Waals surface area contributed by atoms with E-state index in [0.29, 0.717) is 15.8 Å². The molecule has 2 heterocycles. The number of nitrogens with zero attached hydrogens (tertiary/aromatic N) is 4. The predicted molar refractivity (Wildman–Crippen MR) is 122 cm³/mol. The second kappa shape index (κ2) is 7.90. The first kappa shape index (κ1) is 21.2. The topological polar surface area (TPSA) is 71.1 Å². The van der Waals surface area contributed by atoms with E-state index in [4.69, 9.17) is 27.9 Å². The maximum absolute atomic E-state index is 13.0. The number of aromatic nitrogens is 4. The fourth-order valence-electron chi connectivity index (χ4n) is 3.39. The van der Waals surface area contributed by atoms with Gasteiger partial charge in [0.15, 0.2) is 11.2 Å². The van der Waals surface area contributed by atoms with Gasteiger partial charge in [0.1, 0.15) is 5.75 Å². The van der Waals surface area contributed by atoms with Crippen molar-refractivity contribution in [3.05, 3.63) is 84.0 Å². The fraction of sp³-hybridized carbons (Fsp3) is 0.227. The van der Waals surface area contributed by atoms with Crippen LogP contribution in [0.1, 0.15) is 16.7 Å². The van der Waals surface area contributed by atoms with Crippen molar-refractivity contribution < 1.29 is 4.74 Å². The number of aryl methyl sites for hydroxylation is 3. The maximum atomic E-state index is 13.0. The van der Waals surface area contributed by atoms with E-state index in [0.717, 1.165) is 21.3 Å². The lowest BCUT2D eigenvalue weighted by Gasteiger charge is -2.13. The first-order valence-corrected chi connectivity index (χ1v) is 10.3. The summed E-state index contributed by atoms with van der Waals surface area (Å²) in [5, 5.41) is 0.961. The molecule has 0 aliphatic heterocycles. The second-order valence-corrected chi connectivity index (χ2v) is 8.31. The zero-order valence-corrected chi connectivity index (χ0v) is 19.0. The number of imidazole rings is 1. The Bertz CT molecular complexity index is 1450. The van der Waals surface area contributed by atoms with Crippen molar-refractivity contribution in [1.82, 2.24) is 18.7 Å². The molecule has 2 aromatic heterocycles. The fourth-order valence-corrected chi connectivity index (χ4v) is 3.86. The van der Waals surface area contributed by atoms with Gasteiger partial charge in [-0.2, -0.15) is 4.98 Å². The van der Waals surface area contributed by atoms with Gasteiger partial charge >= 0.3 is 11.7 Å². The van der Waals surface area contributed by atoms with Gasteiger partial charge in [-0.15, -0.1) is 0 Å². The minimum Gasteiger partial charge on any atom is -0.425 e. The molecule has 0 saturated heterocycles. The molecular weight excluding hydrogens is 439 g/mol. The molecule has 7 nitrogen and oxygen atoms in total. The van der Waals surface area contributed by atoms with Crippen LogP contribution in [0, 0.1) is 13.8 Å². The van der Waals surface area contributed by atoms with Crippen LogP contribution in [0.4, 0.5) is 0 Å². The van der Waals surface area contributed by atoms with Crippen molar-refractivity contribution in [2.75, 3.05) is 0 Å². The first-order valence-electron chi connectivity index (χ1n) is 9.52. The molecule has 0 N–H and O–H groups in total. The van der Waals surface area contributed by atoms with Crippen LogP contribution in [-0.4, -0.2) is 18.7 Å². The molecule has 4 rings (SSSR count). The van der Waals surface area contributed by atoms with E-state index in [-0.39, 0.29) is 23.7 Å². The van der Waals surface area contributed by atoms with Gasteiger partial charge in [-0.25, -0.2) is 4.79 Å². The Morgan fingerprint density at radius 1 is 1.00 bits per heavy atom. The van der Waals surface area contributed by atoms with Crippen LogP contribution < -0.4 is 16.0 Å². The number of fused-ring (bicyclic) bond motifs is 1. The second-order valence-electron chi connectivity index (χ2n) is 7.47. The normalized spacial score (nSPS) is 11.3. The Kier molecular flexibility index (Phi) is 5.41. The lowest BCUT2D eigenvalue weighted by Crippen LogP contribution is -2.37. The van der Waals surface area contributed by atoms with Gasteiger partial charge in [0.2, 0.25) is 0 Å². The van der Waals surface area contributed by atoms with Gasteiger partial charge in [0.05, 0.1) is 6.54 Å². The summed E-state index contributed by atoms with van der Waals surface area (Å²) in [6.45, 7) is 4.09. The zero-order chi connectivity index (χ0) is 22.4. The number of ether oxygens (including phenoxy) is 1. The number of hydrogen-bond donors (Lipinski definition) is 0. The van der Waals surface area contributed by atoms with Crippen LogP contribution in [0.15, 0.2) is 46.0 Å². The van der Waals surface area contributed by atoms with Crippen molar-refractivity contribution in [1.29, 1.82) is 0 Å². The van der Waals surface area contributed by atoms with Gasteiger partial charge in [-0.3, -0.25) is 18.5 Å². The molecule has 0 bridgehead atoms. The highest BCUT2D eigenvalue weighted by atomic mass is 35.5. The molecule has 0 radical (unpaired) electrons. The molecule has 2 aromatic carbocycles. The third-order valence-electron chi connectivity index (χ3n) is 5.20. The van der Waals surface area contributed by atoms with E-state index >= 15 is 0 Å². The third kappa shape index (κ3) is 3.75. The van der Waals surface area contributed by atoms with Gasteiger partial charge < -0.3 is 4.74 Å². The summed E-state index contributed by atoms with van der Waals surface area (Å²) < 4.78 is 10.2. The smallest absolute Gasteiger partial charge is 0.332 e. The average Bonchev–Trinajstić information content (AvgIpc) is 3.07. The molecule has 0 atom stereocenters. The van der Waals surface area contributed by atoms with Gasteiger partial charge in [0.25, 0.3) is 5.56 Å². The van der Waals surface area contributed by atoms with Gasteiger partial charge in [-0.1, -0.05) is 41.4 Å². The highest BCUT2D eigenvalue weighted by Gasteiger charge is 2.22. The zero-order valence-electron chi connectivity index (χ0n) is 17.4. The predicted octanol–water partition coefficient (Wildman–Crippen LogP) is 4.20. The van der Waals surface area contributed by atoms with E-state index in [2.05, 4.69) is 4.98 Å². The maximum Gasteiger partial charge on any atom is 0.332 e. The van der Waals surface area contributed by atoms with E-state index in [1.54, 1.807) is 29.8 Å². The summed E-state index contributed by atoms with van der Waals surface area (Å²) in [5.74, 6) is 0.612. The lowest BCUT2D eigenvalue weighted by atomic mass is 10.1. The molecule has 31 heavy (non-hydrogen) atoms. The Morgan fingerprint density at radius 2 is 1.74 bits per heavy atom. The summed E-state index contributed by atoms with van der Waals surface area (Å²) in [6, 6.07) is 11.2. The average molecular weight is 459 g/mol. The Balaban J connectivity index is 1.98. The molecule has 0 aliphatic rings. The monoisotopic (exact) mass is 458 g/mol. The highest BCUT2D eigenvalue weighted by molar-refractivity contribution is 6.35. The lowest BCUT2D eigenvalue weighted by molar-refractivity contribution is 0.418. The highest BCUT2D eigenvalue weighted by Crippen LogP contribution is 2.30. The molecule has 0 unspecified atom stereocenters. The summed E-state index contributed by atoms with van der Waals surface area (Å²) >= 11 is 12.4. The molecule has 160 valence electrons. The van der Waals surface area contributed by atoms with Crippen molar-refractivity contribution in [2.24, 2.45) is 14.1 Å². The molecule has 0 amide bonds. The van der Waals surface area contributed by atoms with Gasteiger partial charge in [-0.05, 0) is 48.7 Å². The summed E-state index contributed by atoms with van der Waals surface area (Å²) in [7, 11) is 3.00. The van der Waals surface area contributed by atoms with Crippen LogP contribution in [0.3, 0.4) is 0 Å². The Labute approximate surface area is 188 Å². The van der Waals surface area contributed by atoms with E-state index in [1.165, 1.54) is 11.6 Å². The number of hydrogen-bond acceptors (Lipinski definition) is 4. The van der Waals surface area contributed by atoms with Crippen molar-refractivity contribution in [3.63, 3.8) is 0 Å². The van der Waals surface area contributed by atoms with Crippen LogP contribution in [0.2, 0.25) is 10.0 Å². The van der Waals surface area contributed by atoms with Crippen LogP contribution in [0.5, 0.6) is 11.8 Å². The molecular formula is C22H20Cl2N4O3. The minimum atomic E-state index is -0.468. The summed E-state index contributed by atoms with van der Waals surface area (Å²) in [6.07, 6.45) is 0. The van der Waals surface area contributed by atoms with Crippen molar-refractivity contribution in [2.45, 2.75) is 20.4 Å². The number of rotatable bonds is 4. The summed E-state index contributed by atoms with van der Waals surface area (Å²) in [5.41, 5.74) is 2.21. The first-order chi connectivity index (χ1) is 14.7. The minimum absolute atomic E-state index is 0.188. The SMILES string of the molecule is Cc1ccc(C)c(Oc2nc3c(c(=O)n(C)c(=O)n3C)n2Cc2ccc(Cl)cc2Cl)c1. The van der Waals surface area contributed by atoms with Gasteiger partial charge in [0, 0.05) is 24.1 Å². The Morgan fingerprint density at radius 3 is 2.45 bits per heavy atom. The van der Waals surface area contributed by atoms with E-state index < -0.39 is 11.2 Å². The van der Waals surface area contributed by atoms with Crippen LogP contribution >= 0.6 is 23.2 Å². The molecule has 9 heteroatoms. The molecule has 0 spiro atoms. The van der Waals surface area contributed by atoms with Crippen molar-refractivity contribution >= 4 is 34.4 Å². The number of halogens is 2. The van der Waals surface area contributed by atoms with Crippen molar-refractivity contribution in [3.8, 4) is 11.8 Å². The molecule has 0 fully saturated rings.